The van der Waals surface area contributed by atoms with Crippen LogP contribution in [0.5, 0.6) is 5.88 Å². The van der Waals surface area contributed by atoms with Gasteiger partial charge in [0.1, 0.15) is 11.8 Å². The van der Waals surface area contributed by atoms with E-state index in [0.717, 1.165) is 39.0 Å². The monoisotopic (exact) mass is 305 g/mol. The van der Waals surface area contributed by atoms with Crippen LogP contribution >= 0.6 is 0 Å². The number of fused-ring (bicyclic) bond motifs is 3. The second kappa shape index (κ2) is 5.24. The summed E-state index contributed by atoms with van der Waals surface area (Å²) in [6, 6.07) is 9.81. The molecule has 0 spiro atoms. The van der Waals surface area contributed by atoms with Gasteiger partial charge in [0.15, 0.2) is 0 Å². The lowest BCUT2D eigenvalue weighted by Gasteiger charge is -2.12. The van der Waals surface area contributed by atoms with Crippen molar-refractivity contribution in [1.29, 1.82) is 0 Å². The normalized spacial score (nSPS) is 11.0. The van der Waals surface area contributed by atoms with Crippen molar-refractivity contribution in [3.63, 3.8) is 0 Å². The highest BCUT2D eigenvalue weighted by atomic mass is 16.5. The van der Waals surface area contributed by atoms with Crippen molar-refractivity contribution in [3.8, 4) is 5.88 Å². The standard InChI is InChI=1S/C17H15N5O/c1-10-7-14(22-11-3-6-15(23-2)18-8-11)16-12(21-10)4-5-13-17(16)20-9-19-13/h3-9,21-22H,1-2H3. The lowest BCUT2D eigenvalue weighted by Crippen LogP contribution is -1.96. The van der Waals surface area contributed by atoms with E-state index < -0.39 is 0 Å². The van der Waals surface area contributed by atoms with Gasteiger partial charge in [-0.25, -0.2) is 15.0 Å². The number of benzene rings is 1. The van der Waals surface area contributed by atoms with Gasteiger partial charge in [-0.05, 0) is 31.2 Å². The number of aryl methyl sites for hydroxylation is 1. The molecule has 0 aliphatic rings. The zero-order chi connectivity index (χ0) is 15.8. The Bertz CT molecular complexity index is 991. The molecule has 0 saturated carbocycles. The summed E-state index contributed by atoms with van der Waals surface area (Å²) < 4.78 is 5.09. The number of nitrogens with zero attached hydrogens (tertiary/aromatic N) is 3. The van der Waals surface area contributed by atoms with Gasteiger partial charge < -0.3 is 15.0 Å². The van der Waals surface area contributed by atoms with E-state index in [2.05, 4.69) is 31.3 Å². The van der Waals surface area contributed by atoms with Crippen LogP contribution in [0.3, 0.4) is 0 Å². The molecule has 3 heterocycles. The van der Waals surface area contributed by atoms with Crippen molar-refractivity contribution in [2.45, 2.75) is 6.92 Å². The molecule has 4 aromatic rings. The Morgan fingerprint density at radius 3 is 2.78 bits per heavy atom. The summed E-state index contributed by atoms with van der Waals surface area (Å²) in [5, 5.41) is 4.43. The third-order valence-electron chi connectivity index (χ3n) is 3.73. The maximum atomic E-state index is 5.09. The van der Waals surface area contributed by atoms with Gasteiger partial charge >= 0.3 is 0 Å². The van der Waals surface area contributed by atoms with Crippen LogP contribution in [-0.4, -0.2) is 27.0 Å². The summed E-state index contributed by atoms with van der Waals surface area (Å²) in [5.41, 5.74) is 5.68. The molecule has 0 atom stereocenters. The van der Waals surface area contributed by atoms with Gasteiger partial charge in [0.05, 0.1) is 30.2 Å². The average molecular weight is 305 g/mol. The van der Waals surface area contributed by atoms with Crippen molar-refractivity contribution in [3.05, 3.63) is 48.5 Å². The van der Waals surface area contributed by atoms with Gasteiger partial charge in [0, 0.05) is 22.7 Å². The van der Waals surface area contributed by atoms with E-state index >= 15 is 0 Å². The predicted octanol–water partition coefficient (Wildman–Crippen LogP) is 3.57. The maximum absolute atomic E-state index is 5.09. The number of ether oxygens (including phenoxy) is 1. The summed E-state index contributed by atoms with van der Waals surface area (Å²) in [6.07, 6.45) is 3.33. The number of pyridine rings is 2. The largest absolute Gasteiger partial charge is 0.481 e. The Morgan fingerprint density at radius 2 is 2.00 bits per heavy atom. The lowest BCUT2D eigenvalue weighted by molar-refractivity contribution is 0.398. The van der Waals surface area contributed by atoms with E-state index in [0.29, 0.717) is 5.88 Å². The molecule has 0 aliphatic heterocycles. The molecule has 1 aromatic carbocycles. The van der Waals surface area contributed by atoms with E-state index in [9.17, 15) is 0 Å². The van der Waals surface area contributed by atoms with Gasteiger partial charge in [0.25, 0.3) is 0 Å². The second-order valence-electron chi connectivity index (χ2n) is 5.31. The van der Waals surface area contributed by atoms with Crippen LogP contribution in [0.4, 0.5) is 11.4 Å². The van der Waals surface area contributed by atoms with Gasteiger partial charge in [-0.15, -0.1) is 0 Å². The summed E-state index contributed by atoms with van der Waals surface area (Å²) >= 11 is 0. The van der Waals surface area contributed by atoms with Crippen molar-refractivity contribution >= 4 is 33.3 Å². The summed E-state index contributed by atoms with van der Waals surface area (Å²) in [5.74, 6) is 0.585. The Balaban J connectivity index is 1.88. The van der Waals surface area contributed by atoms with E-state index in [1.165, 1.54) is 0 Å². The zero-order valence-electron chi connectivity index (χ0n) is 12.8. The molecule has 6 heteroatoms. The highest BCUT2D eigenvalue weighted by Gasteiger charge is 2.10. The molecule has 6 nitrogen and oxygen atoms in total. The van der Waals surface area contributed by atoms with Crippen LogP contribution in [0, 0.1) is 6.92 Å². The summed E-state index contributed by atoms with van der Waals surface area (Å²) in [6.45, 7) is 2.03. The Morgan fingerprint density at radius 1 is 1.09 bits per heavy atom. The molecule has 0 aliphatic carbocycles. The highest BCUT2D eigenvalue weighted by molar-refractivity contribution is 6.10. The molecule has 0 fully saturated rings. The molecule has 114 valence electrons. The molecule has 2 N–H and O–H groups in total. The Hall–Kier alpha value is -3.15. The first-order valence-corrected chi connectivity index (χ1v) is 7.25. The molecule has 23 heavy (non-hydrogen) atoms. The number of aromatic amines is 1. The van der Waals surface area contributed by atoms with E-state index in [-0.39, 0.29) is 0 Å². The summed E-state index contributed by atoms with van der Waals surface area (Å²) in [7, 11) is 1.60. The van der Waals surface area contributed by atoms with Gasteiger partial charge in [-0.1, -0.05) is 0 Å². The topological polar surface area (TPSA) is 75.7 Å². The Kier molecular flexibility index (Phi) is 3.08. The fraction of sp³-hybridized carbons (Fsp3) is 0.118. The lowest BCUT2D eigenvalue weighted by atomic mass is 10.1. The molecule has 0 bridgehead atoms. The van der Waals surface area contributed by atoms with Crippen LogP contribution in [0.15, 0.2) is 42.9 Å². The molecule has 0 amide bonds. The smallest absolute Gasteiger partial charge is 0.213 e. The van der Waals surface area contributed by atoms with Crippen molar-refractivity contribution < 1.29 is 4.74 Å². The number of rotatable bonds is 3. The number of nitrogens with one attached hydrogen (secondary N) is 2. The molecule has 3 aromatic heterocycles. The number of hydrogen-bond donors (Lipinski definition) is 2. The summed E-state index contributed by atoms with van der Waals surface area (Å²) in [4.78, 5) is 16.3. The van der Waals surface area contributed by atoms with Crippen molar-refractivity contribution in [2.75, 3.05) is 12.4 Å². The first kappa shape index (κ1) is 13.5. The third-order valence-corrected chi connectivity index (χ3v) is 3.73. The van der Waals surface area contributed by atoms with Crippen LogP contribution < -0.4 is 10.1 Å². The minimum absolute atomic E-state index is 0.585. The minimum atomic E-state index is 0.585. The molecule has 4 rings (SSSR count). The van der Waals surface area contributed by atoms with Crippen LogP contribution in [0.1, 0.15) is 5.69 Å². The first-order chi connectivity index (χ1) is 11.2. The van der Waals surface area contributed by atoms with Gasteiger partial charge in [0.2, 0.25) is 5.88 Å². The average Bonchev–Trinajstić information content (AvgIpc) is 3.03. The third kappa shape index (κ3) is 2.34. The number of aromatic nitrogens is 4. The molecule has 0 saturated heterocycles. The first-order valence-electron chi connectivity index (χ1n) is 7.25. The molecular formula is C17H15N5O. The fourth-order valence-electron chi connectivity index (χ4n) is 2.71. The fourth-order valence-corrected chi connectivity index (χ4v) is 2.71. The number of anilines is 2. The van der Waals surface area contributed by atoms with E-state index in [1.807, 2.05) is 31.2 Å². The number of H-pyrrole nitrogens is 1. The van der Waals surface area contributed by atoms with Crippen molar-refractivity contribution in [2.24, 2.45) is 0 Å². The zero-order valence-corrected chi connectivity index (χ0v) is 12.8. The predicted molar refractivity (Wildman–Crippen MR) is 90.2 cm³/mol. The van der Waals surface area contributed by atoms with Crippen LogP contribution in [-0.2, 0) is 0 Å². The maximum Gasteiger partial charge on any atom is 0.213 e. The van der Waals surface area contributed by atoms with Gasteiger partial charge in [-0.2, -0.15) is 0 Å². The van der Waals surface area contributed by atoms with E-state index in [4.69, 9.17) is 4.74 Å². The van der Waals surface area contributed by atoms with Crippen molar-refractivity contribution in [1.82, 2.24) is 19.9 Å². The second-order valence-corrected chi connectivity index (χ2v) is 5.31. The van der Waals surface area contributed by atoms with Gasteiger partial charge in [-0.3, -0.25) is 0 Å². The van der Waals surface area contributed by atoms with E-state index in [1.54, 1.807) is 19.6 Å². The molecule has 0 unspecified atom stereocenters. The quantitative estimate of drug-likeness (QED) is 0.605. The minimum Gasteiger partial charge on any atom is -0.481 e. The van der Waals surface area contributed by atoms with Crippen LogP contribution in [0.2, 0.25) is 0 Å². The molecular weight excluding hydrogens is 290 g/mol. The number of imidazole rings is 1. The van der Waals surface area contributed by atoms with Crippen LogP contribution in [0.25, 0.3) is 21.9 Å². The number of hydrogen-bond acceptors (Lipinski definition) is 5. The highest BCUT2D eigenvalue weighted by Crippen LogP contribution is 2.31. The molecule has 0 radical (unpaired) electrons. The number of methoxy groups -OCH3 is 1. The Labute approximate surface area is 132 Å². The SMILES string of the molecule is COc1ccc(Nc2cc(C)[nH]c3ccc4ncnc4c23)cn1.